The first-order valence-corrected chi connectivity index (χ1v) is 14.8. The van der Waals surface area contributed by atoms with Crippen LogP contribution in [0.1, 0.15) is 33.6 Å². The van der Waals surface area contributed by atoms with Crippen molar-refractivity contribution in [2.24, 2.45) is 0 Å². The summed E-state index contributed by atoms with van der Waals surface area (Å²) >= 11 is 0. The summed E-state index contributed by atoms with van der Waals surface area (Å²) in [6.07, 6.45) is 1.35. The third-order valence-electron chi connectivity index (χ3n) is 5.24. The number of aliphatic hydroxyl groups excluding tert-OH is 1. The molecule has 1 N–H and O–H groups in total. The third kappa shape index (κ3) is 3.36. The molecule has 1 aliphatic carbocycles. The molecule has 0 bridgehead atoms. The highest BCUT2D eigenvalue weighted by Crippen LogP contribution is 2.55. The van der Waals surface area contributed by atoms with E-state index in [4.69, 9.17) is 9.16 Å². The van der Waals surface area contributed by atoms with Crippen molar-refractivity contribution in [1.29, 1.82) is 0 Å². The highest BCUT2D eigenvalue weighted by atomic mass is 28.4. The van der Waals surface area contributed by atoms with E-state index in [2.05, 4.69) is 65.0 Å². The zero-order valence-corrected chi connectivity index (χ0v) is 17.4. The van der Waals surface area contributed by atoms with Crippen LogP contribution in [0.4, 0.5) is 0 Å². The lowest BCUT2D eigenvalue weighted by atomic mass is 9.98. The highest BCUT2D eigenvalue weighted by Gasteiger charge is 2.70. The molecule has 0 aromatic rings. The molecule has 2 rings (SSSR count). The van der Waals surface area contributed by atoms with Gasteiger partial charge in [-0.2, -0.15) is 0 Å². The number of rotatable bonds is 3. The SMILES string of the molecule is CC(C)(C)[Si](C)(C)OC1CCC2OC21C(O)C#C[Si](C)(C)C. The number of epoxide rings is 1. The van der Waals surface area contributed by atoms with E-state index in [1.54, 1.807) is 0 Å². The molecular formula is C17H32O3Si2. The molecule has 0 amide bonds. The second kappa shape index (κ2) is 5.46. The fraction of sp³-hybridized carbons (Fsp3) is 0.882. The summed E-state index contributed by atoms with van der Waals surface area (Å²) in [5, 5.41) is 10.8. The van der Waals surface area contributed by atoms with Crippen molar-refractivity contribution in [2.45, 2.75) is 95.3 Å². The molecule has 1 aliphatic heterocycles. The summed E-state index contributed by atoms with van der Waals surface area (Å²) in [5.41, 5.74) is 2.73. The summed E-state index contributed by atoms with van der Waals surface area (Å²) in [7, 11) is -3.36. The van der Waals surface area contributed by atoms with Crippen LogP contribution in [0.25, 0.3) is 0 Å². The summed E-state index contributed by atoms with van der Waals surface area (Å²) in [6.45, 7) is 17.8. The van der Waals surface area contributed by atoms with Crippen molar-refractivity contribution in [2.75, 3.05) is 0 Å². The van der Waals surface area contributed by atoms with E-state index >= 15 is 0 Å². The number of ether oxygens (including phenoxy) is 1. The Hall–Kier alpha value is -0.126. The lowest BCUT2D eigenvalue weighted by molar-refractivity contribution is 0.0142. The lowest BCUT2D eigenvalue weighted by Gasteiger charge is -2.40. The zero-order chi connectivity index (χ0) is 17.0. The van der Waals surface area contributed by atoms with Crippen molar-refractivity contribution < 1.29 is 14.3 Å². The Bertz CT molecular complexity index is 493. The first kappa shape index (κ1) is 18.2. The van der Waals surface area contributed by atoms with Gasteiger partial charge in [-0.25, -0.2) is 0 Å². The monoisotopic (exact) mass is 340 g/mol. The summed E-state index contributed by atoms with van der Waals surface area (Å²) in [6, 6.07) is 0. The third-order valence-corrected chi connectivity index (χ3v) is 10.6. The lowest BCUT2D eigenvalue weighted by Crippen LogP contribution is -2.50. The fourth-order valence-corrected chi connectivity index (χ4v) is 4.74. The van der Waals surface area contributed by atoms with Crippen molar-refractivity contribution in [3.8, 4) is 11.5 Å². The van der Waals surface area contributed by atoms with E-state index in [0.29, 0.717) is 0 Å². The summed E-state index contributed by atoms with van der Waals surface area (Å²) in [4.78, 5) is 0. The average molecular weight is 341 g/mol. The molecule has 0 radical (unpaired) electrons. The zero-order valence-electron chi connectivity index (χ0n) is 15.4. The summed E-state index contributed by atoms with van der Waals surface area (Å²) < 4.78 is 12.5. The van der Waals surface area contributed by atoms with E-state index in [-0.39, 0.29) is 17.2 Å². The van der Waals surface area contributed by atoms with Gasteiger partial charge in [0.15, 0.2) is 13.9 Å². The molecule has 1 saturated heterocycles. The second-order valence-electron chi connectivity index (χ2n) is 9.33. The van der Waals surface area contributed by atoms with Gasteiger partial charge in [-0.1, -0.05) is 46.3 Å². The largest absolute Gasteiger partial charge is 0.411 e. The van der Waals surface area contributed by atoms with Crippen LogP contribution in [0.15, 0.2) is 0 Å². The van der Waals surface area contributed by atoms with E-state index in [0.717, 1.165) is 12.8 Å². The van der Waals surface area contributed by atoms with Gasteiger partial charge in [0, 0.05) is 0 Å². The molecule has 0 aromatic heterocycles. The van der Waals surface area contributed by atoms with Crippen molar-refractivity contribution in [3.05, 3.63) is 0 Å². The molecule has 2 fully saturated rings. The van der Waals surface area contributed by atoms with Gasteiger partial charge < -0.3 is 14.3 Å². The van der Waals surface area contributed by atoms with Gasteiger partial charge in [0.1, 0.15) is 14.2 Å². The van der Waals surface area contributed by atoms with Gasteiger partial charge in [0.2, 0.25) is 0 Å². The van der Waals surface area contributed by atoms with Crippen LogP contribution in [-0.4, -0.2) is 45.4 Å². The first-order valence-electron chi connectivity index (χ1n) is 8.36. The maximum absolute atomic E-state index is 10.6. The number of hydrogen-bond donors (Lipinski definition) is 1. The molecule has 1 heterocycles. The van der Waals surface area contributed by atoms with E-state index < -0.39 is 28.1 Å². The standard InChI is InChI=1S/C17H32O3Si2/c1-16(2,3)22(7,8)20-15-10-9-14-17(15,19-14)13(18)11-12-21(4,5)6/h13-15,18H,9-10H2,1-8H3. The van der Waals surface area contributed by atoms with Crippen molar-refractivity contribution in [1.82, 2.24) is 0 Å². The van der Waals surface area contributed by atoms with Gasteiger partial charge in [-0.3, -0.25) is 0 Å². The van der Waals surface area contributed by atoms with Crippen LogP contribution < -0.4 is 0 Å². The van der Waals surface area contributed by atoms with E-state index in [9.17, 15) is 5.11 Å². The van der Waals surface area contributed by atoms with E-state index in [1.165, 1.54) is 0 Å². The highest BCUT2D eigenvalue weighted by molar-refractivity contribution is 6.83. The van der Waals surface area contributed by atoms with Gasteiger partial charge in [-0.05, 0) is 31.0 Å². The molecule has 0 spiro atoms. The minimum absolute atomic E-state index is 0.00988. The second-order valence-corrected chi connectivity index (χ2v) is 18.8. The van der Waals surface area contributed by atoms with Gasteiger partial charge in [0.05, 0.1) is 12.2 Å². The van der Waals surface area contributed by atoms with Crippen LogP contribution in [0.2, 0.25) is 37.8 Å². The van der Waals surface area contributed by atoms with Gasteiger partial charge in [0.25, 0.3) is 0 Å². The molecule has 3 nitrogen and oxygen atoms in total. The van der Waals surface area contributed by atoms with Crippen LogP contribution >= 0.6 is 0 Å². The maximum atomic E-state index is 10.6. The molecule has 4 unspecified atom stereocenters. The van der Waals surface area contributed by atoms with Crippen LogP contribution in [0.5, 0.6) is 0 Å². The Morgan fingerprint density at radius 2 is 1.77 bits per heavy atom. The summed E-state index contributed by atoms with van der Waals surface area (Å²) in [5.74, 6) is 3.08. The van der Waals surface area contributed by atoms with Gasteiger partial charge in [-0.15, -0.1) is 5.54 Å². The first-order chi connectivity index (χ1) is 9.80. The smallest absolute Gasteiger partial charge is 0.192 e. The molecule has 5 heteroatoms. The quantitative estimate of drug-likeness (QED) is 0.485. The van der Waals surface area contributed by atoms with Crippen LogP contribution in [-0.2, 0) is 9.16 Å². The number of aliphatic hydroxyl groups is 1. The maximum Gasteiger partial charge on any atom is 0.192 e. The number of fused-ring (bicyclic) bond motifs is 1. The van der Waals surface area contributed by atoms with E-state index in [1.807, 2.05) is 0 Å². The van der Waals surface area contributed by atoms with Gasteiger partial charge >= 0.3 is 0 Å². The molecular weight excluding hydrogens is 308 g/mol. The Morgan fingerprint density at radius 3 is 2.23 bits per heavy atom. The molecule has 4 atom stereocenters. The van der Waals surface area contributed by atoms with Crippen molar-refractivity contribution >= 4 is 16.4 Å². The predicted octanol–water partition coefficient (Wildman–Crippen LogP) is 3.55. The fourth-order valence-electron chi connectivity index (χ4n) is 2.81. The Labute approximate surface area is 137 Å². The predicted molar refractivity (Wildman–Crippen MR) is 96.0 cm³/mol. The Balaban J connectivity index is 2.16. The molecule has 22 heavy (non-hydrogen) atoms. The number of hydrogen-bond acceptors (Lipinski definition) is 3. The topological polar surface area (TPSA) is 42.0 Å². The van der Waals surface area contributed by atoms with Crippen molar-refractivity contribution in [3.63, 3.8) is 0 Å². The minimum Gasteiger partial charge on any atom is -0.411 e. The average Bonchev–Trinajstić information content (AvgIpc) is 2.96. The molecule has 1 saturated carbocycles. The minimum atomic E-state index is -1.87. The normalized spacial score (nSPS) is 33.0. The molecule has 126 valence electrons. The molecule has 2 aliphatic rings. The molecule has 0 aromatic carbocycles. The van der Waals surface area contributed by atoms with Crippen LogP contribution in [0, 0.1) is 11.5 Å². The Kier molecular flexibility index (Phi) is 4.52. The van der Waals surface area contributed by atoms with Crippen LogP contribution in [0.3, 0.4) is 0 Å². The Morgan fingerprint density at radius 1 is 1.18 bits per heavy atom.